The molecule has 0 bridgehead atoms. The van der Waals surface area contributed by atoms with E-state index in [-0.39, 0.29) is 11.9 Å². The monoisotopic (exact) mass is 196 g/mol. The molecule has 0 radical (unpaired) electrons. The predicted molar refractivity (Wildman–Crippen MR) is 53.6 cm³/mol. The van der Waals surface area contributed by atoms with Crippen LogP contribution in [0.25, 0.3) is 0 Å². The van der Waals surface area contributed by atoms with Crippen molar-refractivity contribution in [2.45, 2.75) is 19.4 Å². The molecule has 5 nitrogen and oxygen atoms in total. The van der Waals surface area contributed by atoms with Gasteiger partial charge in [0.1, 0.15) is 0 Å². The number of aromatic nitrogens is 2. The van der Waals surface area contributed by atoms with Crippen LogP contribution in [0.15, 0.2) is 6.20 Å². The van der Waals surface area contributed by atoms with Gasteiger partial charge in [0.2, 0.25) is 5.91 Å². The quantitative estimate of drug-likeness (QED) is 0.704. The van der Waals surface area contributed by atoms with Crippen molar-refractivity contribution in [1.29, 1.82) is 0 Å². The Labute approximate surface area is 83.3 Å². The second kappa shape index (κ2) is 4.23. The topological polar surface area (TPSA) is 72.9 Å². The molecule has 1 unspecified atom stereocenters. The summed E-state index contributed by atoms with van der Waals surface area (Å²) >= 11 is 0. The van der Waals surface area contributed by atoms with Crippen LogP contribution in [0, 0.1) is 6.92 Å². The highest BCUT2D eigenvalue weighted by Gasteiger charge is 2.16. The van der Waals surface area contributed by atoms with Crippen molar-refractivity contribution in [2.75, 3.05) is 7.05 Å². The van der Waals surface area contributed by atoms with Crippen molar-refractivity contribution >= 4 is 5.91 Å². The molecule has 0 aromatic carbocycles. The van der Waals surface area contributed by atoms with Crippen LogP contribution >= 0.6 is 0 Å². The van der Waals surface area contributed by atoms with Gasteiger partial charge in [-0.3, -0.25) is 9.48 Å². The van der Waals surface area contributed by atoms with E-state index in [1.165, 1.54) is 0 Å². The second-order valence-corrected chi connectivity index (χ2v) is 3.36. The SMILES string of the molecule is CNC(CC(N)=O)c1cn(C)nc1C. The molecule has 1 rings (SSSR count). The van der Waals surface area contributed by atoms with E-state index in [1.54, 1.807) is 11.7 Å². The van der Waals surface area contributed by atoms with E-state index in [1.807, 2.05) is 20.2 Å². The zero-order valence-corrected chi connectivity index (χ0v) is 8.74. The highest BCUT2D eigenvalue weighted by Crippen LogP contribution is 2.18. The fourth-order valence-corrected chi connectivity index (χ4v) is 1.53. The van der Waals surface area contributed by atoms with Gasteiger partial charge in [0, 0.05) is 31.3 Å². The minimum atomic E-state index is -0.312. The zero-order chi connectivity index (χ0) is 10.7. The Hall–Kier alpha value is -1.36. The Bertz CT molecular complexity index is 332. The number of hydrogen-bond donors (Lipinski definition) is 2. The Kier molecular flexibility index (Phi) is 3.24. The maximum Gasteiger partial charge on any atom is 0.219 e. The largest absolute Gasteiger partial charge is 0.370 e. The third-order valence-corrected chi connectivity index (χ3v) is 2.18. The number of hydrogen-bond acceptors (Lipinski definition) is 3. The number of rotatable bonds is 4. The lowest BCUT2D eigenvalue weighted by atomic mass is 10.1. The number of aryl methyl sites for hydroxylation is 2. The fraction of sp³-hybridized carbons (Fsp3) is 0.556. The average molecular weight is 196 g/mol. The molecule has 0 saturated carbocycles. The van der Waals surface area contributed by atoms with Crippen molar-refractivity contribution in [1.82, 2.24) is 15.1 Å². The minimum Gasteiger partial charge on any atom is -0.370 e. The Morgan fingerprint density at radius 1 is 1.79 bits per heavy atom. The van der Waals surface area contributed by atoms with E-state index in [0.717, 1.165) is 11.3 Å². The van der Waals surface area contributed by atoms with Gasteiger partial charge in [-0.05, 0) is 14.0 Å². The molecule has 1 aromatic heterocycles. The first-order chi connectivity index (χ1) is 6.54. The standard InChI is InChI=1S/C9H16N4O/c1-6-7(5-13(3)12-6)8(11-2)4-9(10)14/h5,8,11H,4H2,1-3H3,(H2,10,14). The van der Waals surface area contributed by atoms with Crippen LogP contribution in [-0.4, -0.2) is 22.7 Å². The average Bonchev–Trinajstić information content (AvgIpc) is 2.41. The van der Waals surface area contributed by atoms with Crippen LogP contribution in [-0.2, 0) is 11.8 Å². The number of nitrogens with zero attached hydrogens (tertiary/aromatic N) is 2. The van der Waals surface area contributed by atoms with E-state index in [4.69, 9.17) is 5.73 Å². The number of amides is 1. The molecule has 78 valence electrons. The molecule has 5 heteroatoms. The number of carbonyl (C=O) groups excluding carboxylic acids is 1. The van der Waals surface area contributed by atoms with Gasteiger partial charge in [0.05, 0.1) is 5.69 Å². The number of carbonyl (C=O) groups is 1. The van der Waals surface area contributed by atoms with Crippen LogP contribution in [0.5, 0.6) is 0 Å². The van der Waals surface area contributed by atoms with E-state index >= 15 is 0 Å². The molecule has 1 atom stereocenters. The first-order valence-electron chi connectivity index (χ1n) is 4.50. The van der Waals surface area contributed by atoms with Crippen LogP contribution in [0.1, 0.15) is 23.7 Å². The number of nitrogens with one attached hydrogen (secondary N) is 1. The van der Waals surface area contributed by atoms with Crippen molar-refractivity contribution in [2.24, 2.45) is 12.8 Å². The van der Waals surface area contributed by atoms with Crippen LogP contribution in [0.4, 0.5) is 0 Å². The molecular weight excluding hydrogens is 180 g/mol. The lowest BCUT2D eigenvalue weighted by Gasteiger charge is -2.12. The highest BCUT2D eigenvalue weighted by atomic mass is 16.1. The number of nitrogens with two attached hydrogens (primary N) is 1. The summed E-state index contributed by atoms with van der Waals surface area (Å²) < 4.78 is 1.73. The van der Waals surface area contributed by atoms with Crippen molar-refractivity contribution in [3.8, 4) is 0 Å². The van der Waals surface area contributed by atoms with Gasteiger partial charge >= 0.3 is 0 Å². The van der Waals surface area contributed by atoms with Crippen LogP contribution in [0.3, 0.4) is 0 Å². The number of primary amides is 1. The summed E-state index contributed by atoms with van der Waals surface area (Å²) in [5, 5.41) is 7.26. The van der Waals surface area contributed by atoms with Crippen molar-refractivity contribution in [3.63, 3.8) is 0 Å². The van der Waals surface area contributed by atoms with E-state index < -0.39 is 0 Å². The van der Waals surface area contributed by atoms with E-state index in [2.05, 4.69) is 10.4 Å². The van der Waals surface area contributed by atoms with Gasteiger partial charge < -0.3 is 11.1 Å². The van der Waals surface area contributed by atoms with Crippen molar-refractivity contribution < 1.29 is 4.79 Å². The maximum atomic E-state index is 10.8. The molecule has 0 aliphatic carbocycles. The molecule has 0 fully saturated rings. The molecule has 3 N–H and O–H groups in total. The summed E-state index contributed by atoms with van der Waals surface area (Å²) in [4.78, 5) is 10.8. The summed E-state index contributed by atoms with van der Waals surface area (Å²) in [6.07, 6.45) is 2.20. The molecule has 0 saturated heterocycles. The third-order valence-electron chi connectivity index (χ3n) is 2.18. The van der Waals surface area contributed by atoms with Crippen LogP contribution < -0.4 is 11.1 Å². The highest BCUT2D eigenvalue weighted by molar-refractivity contribution is 5.74. The second-order valence-electron chi connectivity index (χ2n) is 3.36. The van der Waals surface area contributed by atoms with Gasteiger partial charge in [-0.25, -0.2) is 0 Å². The van der Waals surface area contributed by atoms with E-state index in [0.29, 0.717) is 6.42 Å². The lowest BCUT2D eigenvalue weighted by Crippen LogP contribution is -2.24. The predicted octanol–water partition coefficient (Wildman–Crippen LogP) is -0.136. The summed E-state index contributed by atoms with van der Waals surface area (Å²) in [5.41, 5.74) is 7.10. The molecule has 1 heterocycles. The maximum absolute atomic E-state index is 10.8. The van der Waals surface area contributed by atoms with Gasteiger partial charge in [-0.15, -0.1) is 0 Å². The lowest BCUT2D eigenvalue weighted by molar-refractivity contribution is -0.118. The van der Waals surface area contributed by atoms with Gasteiger partial charge in [-0.1, -0.05) is 0 Å². The van der Waals surface area contributed by atoms with Gasteiger partial charge in [-0.2, -0.15) is 5.10 Å². The van der Waals surface area contributed by atoms with Crippen LogP contribution in [0.2, 0.25) is 0 Å². The molecule has 14 heavy (non-hydrogen) atoms. The fourth-order valence-electron chi connectivity index (χ4n) is 1.53. The molecular formula is C9H16N4O. The third kappa shape index (κ3) is 2.32. The molecule has 1 aromatic rings. The molecule has 0 spiro atoms. The molecule has 0 aliphatic heterocycles. The van der Waals surface area contributed by atoms with Gasteiger partial charge in [0.25, 0.3) is 0 Å². The summed E-state index contributed by atoms with van der Waals surface area (Å²) in [6.45, 7) is 1.92. The summed E-state index contributed by atoms with van der Waals surface area (Å²) in [7, 11) is 3.66. The molecule has 1 amide bonds. The van der Waals surface area contributed by atoms with E-state index in [9.17, 15) is 4.79 Å². The first-order valence-corrected chi connectivity index (χ1v) is 4.50. The molecule has 0 aliphatic rings. The van der Waals surface area contributed by atoms with Gasteiger partial charge in [0.15, 0.2) is 0 Å². The summed E-state index contributed by atoms with van der Waals surface area (Å²) in [5.74, 6) is -0.312. The Morgan fingerprint density at radius 2 is 2.43 bits per heavy atom. The Morgan fingerprint density at radius 3 is 2.79 bits per heavy atom. The Balaban J connectivity index is 2.88. The minimum absolute atomic E-state index is 0.0406. The summed E-state index contributed by atoms with van der Waals surface area (Å²) in [6, 6.07) is -0.0406. The zero-order valence-electron chi connectivity index (χ0n) is 8.74. The van der Waals surface area contributed by atoms with Crippen molar-refractivity contribution in [3.05, 3.63) is 17.5 Å². The normalized spacial score (nSPS) is 12.8. The first kappa shape index (κ1) is 10.7. The smallest absolute Gasteiger partial charge is 0.219 e.